The van der Waals surface area contributed by atoms with Crippen LogP contribution in [0.1, 0.15) is 12.1 Å². The molecular weight excluding hydrogens is 278 g/mol. The minimum Gasteiger partial charge on any atom is -0.377 e. The Hall–Kier alpha value is -0.843. The van der Waals surface area contributed by atoms with E-state index in [0.717, 1.165) is 24.7 Å². The van der Waals surface area contributed by atoms with Crippen molar-refractivity contribution in [1.82, 2.24) is 20.3 Å². The molecule has 0 radical (unpaired) electrons. The maximum absolute atomic E-state index is 5.45. The van der Waals surface area contributed by atoms with E-state index in [0.29, 0.717) is 19.6 Å². The highest BCUT2D eigenvalue weighted by Crippen LogP contribution is 2.14. The van der Waals surface area contributed by atoms with Gasteiger partial charge in [-0.3, -0.25) is 4.68 Å². The highest BCUT2D eigenvalue weighted by Gasteiger charge is 2.36. The van der Waals surface area contributed by atoms with Crippen LogP contribution in [-0.2, 0) is 26.4 Å². The van der Waals surface area contributed by atoms with Crippen molar-refractivity contribution in [3.8, 4) is 0 Å². The van der Waals surface area contributed by atoms with Crippen LogP contribution in [0.25, 0.3) is 0 Å². The average Bonchev–Trinajstić information content (AvgIpc) is 2.92. The summed E-state index contributed by atoms with van der Waals surface area (Å²) in [6.45, 7) is 2.78. The zero-order valence-corrected chi connectivity index (χ0v) is 13.5. The Morgan fingerprint density at radius 2 is 2.00 bits per heavy atom. The van der Waals surface area contributed by atoms with Gasteiger partial charge in [-0.1, -0.05) is 5.21 Å². The summed E-state index contributed by atoms with van der Waals surface area (Å²) in [7, 11) is 2.44. The highest BCUT2D eigenvalue weighted by atomic mass is 28.4. The third kappa shape index (κ3) is 5.27. The number of hydrogen-bond donors (Lipinski definition) is 2. The minimum atomic E-state index is -2.44. The van der Waals surface area contributed by atoms with Crippen molar-refractivity contribution in [2.24, 2.45) is 5.73 Å². The maximum Gasteiger partial charge on any atom is 0.500 e. The van der Waals surface area contributed by atoms with Gasteiger partial charge in [0, 0.05) is 46.7 Å². The summed E-state index contributed by atoms with van der Waals surface area (Å²) in [5.41, 5.74) is 6.36. The van der Waals surface area contributed by atoms with Crippen molar-refractivity contribution < 1.29 is 13.3 Å². The van der Waals surface area contributed by atoms with Crippen LogP contribution in [0.3, 0.4) is 0 Å². The number of nitrogens with zero attached hydrogens (tertiary/aromatic N) is 3. The molecule has 8 nitrogen and oxygen atoms in total. The van der Waals surface area contributed by atoms with E-state index in [1.165, 1.54) is 0 Å². The number of rotatable bonds is 11. The fraction of sp³-hybridized carbons (Fsp3) is 0.818. The lowest BCUT2D eigenvalue weighted by Crippen LogP contribution is -2.43. The Balaban J connectivity index is 2.21. The van der Waals surface area contributed by atoms with Gasteiger partial charge in [0.25, 0.3) is 0 Å². The summed E-state index contributed by atoms with van der Waals surface area (Å²) in [4.78, 5) is 0. The fourth-order valence-electron chi connectivity index (χ4n) is 1.86. The maximum atomic E-state index is 5.45. The van der Waals surface area contributed by atoms with E-state index in [1.54, 1.807) is 26.0 Å². The van der Waals surface area contributed by atoms with Gasteiger partial charge in [-0.15, -0.1) is 5.10 Å². The molecule has 0 atom stereocenters. The lowest BCUT2D eigenvalue weighted by molar-refractivity contribution is 0.123. The molecule has 20 heavy (non-hydrogen) atoms. The van der Waals surface area contributed by atoms with Crippen molar-refractivity contribution in [1.29, 1.82) is 0 Å². The molecule has 0 aliphatic carbocycles. The van der Waals surface area contributed by atoms with Gasteiger partial charge in [-0.25, -0.2) is 0 Å². The predicted octanol–water partition coefficient (Wildman–Crippen LogP) is -0.405. The average molecular weight is 303 g/mol. The first-order chi connectivity index (χ1) is 9.69. The predicted molar refractivity (Wildman–Crippen MR) is 77.0 cm³/mol. The molecule has 0 spiro atoms. The second-order valence-corrected chi connectivity index (χ2v) is 7.43. The molecule has 3 N–H and O–H groups in total. The highest BCUT2D eigenvalue weighted by molar-refractivity contribution is 6.60. The third-order valence-corrected chi connectivity index (χ3v) is 5.85. The summed E-state index contributed by atoms with van der Waals surface area (Å²) < 4.78 is 17.8. The molecule has 1 aromatic rings. The lowest BCUT2D eigenvalue weighted by Gasteiger charge is -2.24. The summed E-state index contributed by atoms with van der Waals surface area (Å²) in [5.74, 6) is 0. The van der Waals surface area contributed by atoms with E-state index in [-0.39, 0.29) is 0 Å². The minimum absolute atomic E-state index is 0.563. The van der Waals surface area contributed by atoms with Crippen molar-refractivity contribution in [2.75, 3.05) is 34.4 Å². The van der Waals surface area contributed by atoms with Crippen LogP contribution < -0.4 is 11.1 Å². The number of nitrogens with one attached hydrogen (secondary N) is 1. The van der Waals surface area contributed by atoms with Gasteiger partial charge in [0.1, 0.15) is 0 Å². The van der Waals surface area contributed by atoms with Crippen LogP contribution in [0.5, 0.6) is 0 Å². The summed E-state index contributed by atoms with van der Waals surface area (Å²) >= 11 is 0. The first kappa shape index (κ1) is 17.2. The topological polar surface area (TPSA) is 96.5 Å². The molecular formula is C11H25N5O3Si. The van der Waals surface area contributed by atoms with E-state index in [2.05, 4.69) is 15.6 Å². The number of nitrogens with two attached hydrogens (primary N) is 1. The van der Waals surface area contributed by atoms with E-state index >= 15 is 0 Å². The standard InChI is InChI=1S/C11H25N5O3Si/c1-17-20(18-2,19-3)8-4-6-13-9-11-10-16(7-5-12)15-14-11/h10,13H,4-9,12H2,1-3H3. The molecule has 0 unspecified atom stereocenters. The Morgan fingerprint density at radius 3 is 2.60 bits per heavy atom. The second kappa shape index (κ2) is 9.16. The zero-order chi connectivity index (χ0) is 14.8. The van der Waals surface area contributed by atoms with E-state index in [4.69, 9.17) is 19.0 Å². The van der Waals surface area contributed by atoms with Crippen LogP contribution in [-0.4, -0.2) is 58.2 Å². The molecule has 1 heterocycles. The zero-order valence-electron chi connectivity index (χ0n) is 12.5. The molecule has 0 fully saturated rings. The molecule has 0 aliphatic rings. The molecule has 0 saturated heterocycles. The first-order valence-electron chi connectivity index (χ1n) is 6.65. The van der Waals surface area contributed by atoms with Gasteiger partial charge < -0.3 is 24.3 Å². The SMILES string of the molecule is CO[Si](CCCNCc1cn(CCN)nn1)(OC)OC. The Morgan fingerprint density at radius 1 is 1.30 bits per heavy atom. The molecule has 0 aromatic carbocycles. The van der Waals surface area contributed by atoms with Crippen molar-refractivity contribution in [2.45, 2.75) is 25.6 Å². The van der Waals surface area contributed by atoms with Gasteiger partial charge in [-0.2, -0.15) is 0 Å². The van der Waals surface area contributed by atoms with Gasteiger partial charge in [0.15, 0.2) is 0 Å². The Kier molecular flexibility index (Phi) is 7.88. The van der Waals surface area contributed by atoms with Gasteiger partial charge >= 0.3 is 8.80 Å². The molecule has 9 heteroatoms. The van der Waals surface area contributed by atoms with Gasteiger partial charge in [0.2, 0.25) is 0 Å². The molecule has 0 aliphatic heterocycles. The number of hydrogen-bond acceptors (Lipinski definition) is 7. The van der Waals surface area contributed by atoms with Crippen LogP contribution in [0.4, 0.5) is 0 Å². The molecule has 1 aromatic heterocycles. The second-order valence-electron chi connectivity index (χ2n) is 4.34. The van der Waals surface area contributed by atoms with E-state index < -0.39 is 8.80 Å². The summed E-state index contributed by atoms with van der Waals surface area (Å²) in [6, 6.07) is 0.781. The van der Waals surface area contributed by atoms with Crippen LogP contribution in [0.2, 0.25) is 6.04 Å². The smallest absolute Gasteiger partial charge is 0.377 e. The lowest BCUT2D eigenvalue weighted by atomic mass is 10.4. The van der Waals surface area contributed by atoms with Crippen LogP contribution >= 0.6 is 0 Å². The molecule has 116 valence electrons. The van der Waals surface area contributed by atoms with Crippen LogP contribution in [0.15, 0.2) is 6.20 Å². The van der Waals surface area contributed by atoms with Gasteiger partial charge in [0.05, 0.1) is 12.2 Å². The Labute approximate surface area is 120 Å². The Bertz CT molecular complexity index is 364. The summed E-state index contributed by atoms with van der Waals surface area (Å²) in [6.07, 6.45) is 2.82. The van der Waals surface area contributed by atoms with Crippen molar-refractivity contribution in [3.05, 3.63) is 11.9 Å². The normalized spacial score (nSPS) is 12.0. The number of aromatic nitrogens is 3. The van der Waals surface area contributed by atoms with Crippen molar-refractivity contribution >= 4 is 8.80 Å². The fourth-order valence-corrected chi connectivity index (χ4v) is 3.59. The van der Waals surface area contributed by atoms with Crippen LogP contribution in [0, 0.1) is 0 Å². The van der Waals surface area contributed by atoms with Gasteiger partial charge in [-0.05, 0) is 13.0 Å². The molecule has 0 amide bonds. The van der Waals surface area contributed by atoms with E-state index in [9.17, 15) is 0 Å². The molecule has 1 rings (SSSR count). The quantitative estimate of drug-likeness (QED) is 0.424. The molecule has 0 saturated carbocycles. The van der Waals surface area contributed by atoms with Crippen molar-refractivity contribution in [3.63, 3.8) is 0 Å². The first-order valence-corrected chi connectivity index (χ1v) is 8.58. The third-order valence-electron chi connectivity index (χ3n) is 3.02. The summed E-state index contributed by atoms with van der Waals surface area (Å²) in [5, 5.41) is 11.3. The monoisotopic (exact) mass is 303 g/mol. The van der Waals surface area contributed by atoms with E-state index in [1.807, 2.05) is 6.20 Å². The largest absolute Gasteiger partial charge is 0.500 e. The molecule has 0 bridgehead atoms.